The number of hydrogen-bond acceptors (Lipinski definition) is 3. The predicted octanol–water partition coefficient (Wildman–Crippen LogP) is 4.63. The first-order chi connectivity index (χ1) is 10.7. The molecule has 1 amide bonds. The molecule has 2 aliphatic rings. The highest BCUT2D eigenvalue weighted by Crippen LogP contribution is 2.71. The number of oxime groups is 1. The van der Waals surface area contributed by atoms with E-state index in [0.717, 1.165) is 24.1 Å². The molecule has 0 radical (unpaired) electrons. The number of amides is 1. The average Bonchev–Trinajstić information content (AvgIpc) is 2.80. The summed E-state index contributed by atoms with van der Waals surface area (Å²) in [7, 11) is 0. The summed E-state index contributed by atoms with van der Waals surface area (Å²) in [6.07, 6.45) is 2.18. The van der Waals surface area contributed by atoms with Gasteiger partial charge in [0.05, 0.1) is 11.1 Å². The van der Waals surface area contributed by atoms with Gasteiger partial charge in [0, 0.05) is 22.5 Å². The molecule has 2 saturated carbocycles. The van der Waals surface area contributed by atoms with Crippen molar-refractivity contribution in [1.29, 1.82) is 0 Å². The Labute approximate surface area is 141 Å². The zero-order chi connectivity index (χ0) is 17.0. The van der Waals surface area contributed by atoms with Crippen LogP contribution in [0, 0.1) is 23.2 Å². The second-order valence-corrected chi connectivity index (χ2v) is 8.09. The molecule has 2 atom stereocenters. The number of anilines is 1. The van der Waals surface area contributed by atoms with E-state index in [9.17, 15) is 10.0 Å². The molecule has 3 rings (SSSR count). The van der Waals surface area contributed by atoms with E-state index in [2.05, 4.69) is 31.2 Å². The fraction of sp³-hybridized carbons (Fsp3) is 0.556. The summed E-state index contributed by atoms with van der Waals surface area (Å²) in [5.74, 6) is -0.00945. The van der Waals surface area contributed by atoms with E-state index in [1.807, 2.05) is 19.1 Å². The third kappa shape index (κ3) is 1.97. The van der Waals surface area contributed by atoms with Crippen molar-refractivity contribution >= 4 is 28.9 Å². The molecule has 2 bridgehead atoms. The molecule has 0 spiro atoms. The highest BCUT2D eigenvalue weighted by atomic mass is 35.5. The maximum absolute atomic E-state index is 13.1. The SMILES string of the molecule is Cc1ccc(NC(=O)C23CCC(C)(/C(=N/O)C2)C3(C)C)cc1Cl. The van der Waals surface area contributed by atoms with Crippen molar-refractivity contribution in [2.75, 3.05) is 5.32 Å². The van der Waals surface area contributed by atoms with Crippen LogP contribution in [0.2, 0.25) is 5.02 Å². The Kier molecular flexibility index (Phi) is 3.53. The summed E-state index contributed by atoms with van der Waals surface area (Å²) in [5, 5.41) is 16.6. The van der Waals surface area contributed by atoms with Crippen LogP contribution >= 0.6 is 11.6 Å². The Morgan fingerprint density at radius 1 is 1.30 bits per heavy atom. The van der Waals surface area contributed by atoms with Crippen molar-refractivity contribution < 1.29 is 10.0 Å². The molecule has 2 fully saturated rings. The van der Waals surface area contributed by atoms with Gasteiger partial charge in [-0.1, -0.05) is 43.6 Å². The van der Waals surface area contributed by atoms with Gasteiger partial charge >= 0.3 is 0 Å². The predicted molar refractivity (Wildman–Crippen MR) is 92.2 cm³/mol. The van der Waals surface area contributed by atoms with E-state index in [1.54, 1.807) is 6.07 Å². The van der Waals surface area contributed by atoms with E-state index >= 15 is 0 Å². The summed E-state index contributed by atoms with van der Waals surface area (Å²) in [6.45, 7) is 8.26. The van der Waals surface area contributed by atoms with Gasteiger partial charge in [-0.05, 0) is 42.9 Å². The van der Waals surface area contributed by atoms with E-state index < -0.39 is 5.41 Å². The lowest BCUT2D eigenvalue weighted by Gasteiger charge is -2.39. The highest BCUT2D eigenvalue weighted by Gasteiger charge is 2.71. The van der Waals surface area contributed by atoms with Crippen LogP contribution in [-0.2, 0) is 4.79 Å². The Morgan fingerprint density at radius 3 is 2.57 bits per heavy atom. The van der Waals surface area contributed by atoms with Gasteiger partial charge in [-0.15, -0.1) is 0 Å². The molecule has 1 aromatic rings. The largest absolute Gasteiger partial charge is 0.411 e. The van der Waals surface area contributed by atoms with Gasteiger partial charge in [-0.3, -0.25) is 4.79 Å². The molecule has 0 aliphatic heterocycles. The summed E-state index contributed by atoms with van der Waals surface area (Å²) >= 11 is 6.15. The number of hydrogen-bond donors (Lipinski definition) is 2. The van der Waals surface area contributed by atoms with Crippen molar-refractivity contribution in [1.82, 2.24) is 0 Å². The molecular weight excluding hydrogens is 312 g/mol. The number of rotatable bonds is 2. The molecule has 0 saturated heterocycles. The maximum Gasteiger partial charge on any atom is 0.231 e. The Morgan fingerprint density at radius 2 is 2.00 bits per heavy atom. The van der Waals surface area contributed by atoms with Crippen LogP contribution in [0.25, 0.3) is 0 Å². The summed E-state index contributed by atoms with van der Waals surface area (Å²) in [5.41, 5.74) is 1.39. The van der Waals surface area contributed by atoms with Gasteiger partial charge in [0.1, 0.15) is 0 Å². The van der Waals surface area contributed by atoms with Crippen LogP contribution in [0.15, 0.2) is 23.4 Å². The zero-order valence-corrected chi connectivity index (χ0v) is 14.8. The molecule has 1 aromatic carbocycles. The third-order valence-electron chi connectivity index (χ3n) is 6.72. The fourth-order valence-corrected chi connectivity index (χ4v) is 4.64. The number of carbonyl (C=O) groups is 1. The lowest BCUT2D eigenvalue weighted by Crippen LogP contribution is -2.43. The second kappa shape index (κ2) is 4.97. The normalized spacial score (nSPS) is 33.2. The second-order valence-electron chi connectivity index (χ2n) is 7.68. The van der Waals surface area contributed by atoms with Gasteiger partial charge in [0.25, 0.3) is 0 Å². The summed E-state index contributed by atoms with van der Waals surface area (Å²) in [6, 6.07) is 5.55. The van der Waals surface area contributed by atoms with E-state index in [0.29, 0.717) is 17.1 Å². The van der Waals surface area contributed by atoms with Gasteiger partial charge in [0.2, 0.25) is 5.91 Å². The molecule has 2 aliphatic carbocycles. The number of nitrogens with zero attached hydrogens (tertiary/aromatic N) is 1. The smallest absolute Gasteiger partial charge is 0.231 e. The third-order valence-corrected chi connectivity index (χ3v) is 7.13. The minimum atomic E-state index is -0.541. The number of nitrogens with one attached hydrogen (secondary N) is 1. The van der Waals surface area contributed by atoms with Crippen LogP contribution in [-0.4, -0.2) is 16.8 Å². The molecular formula is C18H23ClN2O2. The molecule has 2 unspecified atom stereocenters. The first kappa shape index (κ1) is 16.3. The standard InChI is InChI=1S/C18H23ClN2O2/c1-11-5-6-12(9-13(11)19)20-15(22)18-8-7-17(4,16(18,2)3)14(10-18)21-23/h5-6,9,23H,7-8,10H2,1-4H3,(H,20,22)/b21-14+. The summed E-state index contributed by atoms with van der Waals surface area (Å²) in [4.78, 5) is 13.1. The molecule has 23 heavy (non-hydrogen) atoms. The number of benzene rings is 1. The van der Waals surface area contributed by atoms with Crippen molar-refractivity contribution in [2.45, 2.75) is 47.0 Å². The average molecular weight is 335 g/mol. The minimum Gasteiger partial charge on any atom is -0.411 e. The fourth-order valence-electron chi connectivity index (χ4n) is 4.46. The van der Waals surface area contributed by atoms with E-state index in [-0.39, 0.29) is 16.7 Å². The number of carbonyl (C=O) groups excluding carboxylic acids is 1. The van der Waals surface area contributed by atoms with Crippen molar-refractivity contribution in [3.63, 3.8) is 0 Å². The molecule has 4 nitrogen and oxygen atoms in total. The molecule has 0 aromatic heterocycles. The van der Waals surface area contributed by atoms with Crippen LogP contribution in [0.3, 0.4) is 0 Å². The van der Waals surface area contributed by atoms with Crippen molar-refractivity contribution in [3.8, 4) is 0 Å². The number of aryl methyl sites for hydroxylation is 1. The van der Waals surface area contributed by atoms with Gasteiger partial charge in [-0.25, -0.2) is 0 Å². The van der Waals surface area contributed by atoms with E-state index in [1.165, 1.54) is 0 Å². The van der Waals surface area contributed by atoms with Crippen LogP contribution in [0.1, 0.15) is 45.6 Å². The maximum atomic E-state index is 13.1. The van der Waals surface area contributed by atoms with Crippen LogP contribution in [0.4, 0.5) is 5.69 Å². The Hall–Kier alpha value is -1.55. The molecule has 124 valence electrons. The van der Waals surface area contributed by atoms with Gasteiger partial charge in [0.15, 0.2) is 0 Å². The number of halogens is 1. The lowest BCUT2D eigenvalue weighted by molar-refractivity contribution is -0.130. The first-order valence-electron chi connectivity index (χ1n) is 7.97. The van der Waals surface area contributed by atoms with Gasteiger partial charge < -0.3 is 10.5 Å². The van der Waals surface area contributed by atoms with Crippen LogP contribution in [0.5, 0.6) is 0 Å². The molecule has 2 N–H and O–H groups in total. The minimum absolute atomic E-state index is 0.00945. The number of fused-ring (bicyclic) bond motifs is 2. The zero-order valence-electron chi connectivity index (χ0n) is 14.0. The van der Waals surface area contributed by atoms with Crippen molar-refractivity contribution in [2.24, 2.45) is 21.4 Å². The molecule has 5 heteroatoms. The summed E-state index contributed by atoms with van der Waals surface area (Å²) < 4.78 is 0. The van der Waals surface area contributed by atoms with Crippen LogP contribution < -0.4 is 5.32 Å². The van der Waals surface area contributed by atoms with Crippen molar-refractivity contribution in [3.05, 3.63) is 28.8 Å². The monoisotopic (exact) mass is 334 g/mol. The Balaban J connectivity index is 1.94. The van der Waals surface area contributed by atoms with Gasteiger partial charge in [-0.2, -0.15) is 0 Å². The highest BCUT2D eigenvalue weighted by molar-refractivity contribution is 6.31. The topological polar surface area (TPSA) is 61.7 Å². The quantitative estimate of drug-likeness (QED) is 0.611. The first-order valence-corrected chi connectivity index (χ1v) is 8.35. The lowest BCUT2D eigenvalue weighted by atomic mass is 9.64. The molecule has 0 heterocycles. The Bertz CT molecular complexity index is 713. The van der Waals surface area contributed by atoms with E-state index in [4.69, 9.17) is 11.6 Å².